The molecule has 0 bridgehead atoms. The van der Waals surface area contributed by atoms with E-state index in [1.807, 2.05) is 32.0 Å². The molecule has 3 heteroatoms. The zero-order valence-electron chi connectivity index (χ0n) is 11.9. The Hall–Kier alpha value is -1.06. The first-order valence-corrected chi connectivity index (χ1v) is 7.29. The summed E-state index contributed by atoms with van der Waals surface area (Å²) >= 11 is 0. The summed E-state index contributed by atoms with van der Waals surface area (Å²) in [6, 6.07) is 8.62. The highest BCUT2D eigenvalue weighted by Gasteiger charge is 2.26. The van der Waals surface area contributed by atoms with Gasteiger partial charge in [-0.05, 0) is 38.7 Å². The summed E-state index contributed by atoms with van der Waals surface area (Å²) in [5.41, 5.74) is 1.19. The molecule has 1 aliphatic carbocycles. The molecule has 1 aromatic rings. The molecule has 0 radical (unpaired) electrons. The molecule has 2 unspecified atom stereocenters. The first-order chi connectivity index (χ1) is 9.20. The van der Waals surface area contributed by atoms with Crippen LogP contribution in [0.15, 0.2) is 24.3 Å². The summed E-state index contributed by atoms with van der Waals surface area (Å²) < 4.78 is 5.82. The van der Waals surface area contributed by atoms with Crippen LogP contribution in [0.25, 0.3) is 0 Å². The Morgan fingerprint density at radius 2 is 2.11 bits per heavy atom. The van der Waals surface area contributed by atoms with Crippen molar-refractivity contribution < 1.29 is 9.84 Å². The van der Waals surface area contributed by atoms with Gasteiger partial charge in [0.05, 0.1) is 6.10 Å². The van der Waals surface area contributed by atoms with Crippen molar-refractivity contribution in [3.63, 3.8) is 0 Å². The van der Waals surface area contributed by atoms with Gasteiger partial charge in [0.2, 0.25) is 0 Å². The summed E-state index contributed by atoms with van der Waals surface area (Å²) in [4.78, 5) is 0. The standard InChI is InChI=1S/C16H25NO2/c1-12(2)19-16-9-4-3-6-13(16)10-17-15-8-5-7-14(15)11-18/h3-4,6,9,12,14-15,17-18H,5,7-8,10-11H2,1-2H3. The Labute approximate surface area is 116 Å². The van der Waals surface area contributed by atoms with Gasteiger partial charge in [-0.3, -0.25) is 0 Å². The van der Waals surface area contributed by atoms with Crippen LogP contribution in [0.4, 0.5) is 0 Å². The predicted octanol–water partition coefficient (Wildman–Crippen LogP) is 2.72. The smallest absolute Gasteiger partial charge is 0.124 e. The van der Waals surface area contributed by atoms with E-state index >= 15 is 0 Å². The van der Waals surface area contributed by atoms with Crippen molar-refractivity contribution in [3.05, 3.63) is 29.8 Å². The largest absolute Gasteiger partial charge is 0.491 e. The van der Waals surface area contributed by atoms with E-state index < -0.39 is 0 Å². The SMILES string of the molecule is CC(C)Oc1ccccc1CNC1CCCC1CO. The molecule has 0 amide bonds. The number of hydrogen-bond donors (Lipinski definition) is 2. The number of aliphatic hydroxyl groups is 1. The molecule has 1 fully saturated rings. The highest BCUT2D eigenvalue weighted by atomic mass is 16.5. The van der Waals surface area contributed by atoms with E-state index in [1.165, 1.54) is 18.4 Å². The van der Waals surface area contributed by atoms with Crippen molar-refractivity contribution in [2.45, 2.75) is 51.8 Å². The number of benzene rings is 1. The molecule has 0 heterocycles. The lowest BCUT2D eigenvalue weighted by Crippen LogP contribution is -2.33. The van der Waals surface area contributed by atoms with Crippen molar-refractivity contribution in [2.75, 3.05) is 6.61 Å². The first-order valence-electron chi connectivity index (χ1n) is 7.29. The Kier molecular flexibility index (Phi) is 5.23. The normalized spacial score (nSPS) is 22.9. The van der Waals surface area contributed by atoms with Crippen LogP contribution in [0.3, 0.4) is 0 Å². The maximum atomic E-state index is 9.34. The quantitative estimate of drug-likeness (QED) is 0.829. The van der Waals surface area contributed by atoms with Crippen molar-refractivity contribution in [1.82, 2.24) is 5.32 Å². The van der Waals surface area contributed by atoms with Gasteiger partial charge < -0.3 is 15.2 Å². The second-order valence-electron chi connectivity index (χ2n) is 5.64. The monoisotopic (exact) mass is 263 g/mol. The summed E-state index contributed by atoms with van der Waals surface area (Å²) in [6.45, 7) is 5.19. The van der Waals surface area contributed by atoms with Gasteiger partial charge in [-0.1, -0.05) is 24.6 Å². The number of para-hydroxylation sites is 1. The highest BCUT2D eigenvalue weighted by Crippen LogP contribution is 2.26. The molecule has 2 N–H and O–H groups in total. The third-order valence-corrected chi connectivity index (χ3v) is 3.78. The van der Waals surface area contributed by atoms with E-state index in [0.717, 1.165) is 18.7 Å². The van der Waals surface area contributed by atoms with Gasteiger partial charge in [0.1, 0.15) is 5.75 Å². The minimum Gasteiger partial charge on any atom is -0.491 e. The maximum Gasteiger partial charge on any atom is 0.124 e. The van der Waals surface area contributed by atoms with Crippen molar-refractivity contribution >= 4 is 0 Å². The van der Waals surface area contributed by atoms with Gasteiger partial charge in [0, 0.05) is 24.8 Å². The van der Waals surface area contributed by atoms with E-state index in [2.05, 4.69) is 11.4 Å². The summed E-state index contributed by atoms with van der Waals surface area (Å²) in [5.74, 6) is 1.38. The zero-order chi connectivity index (χ0) is 13.7. The zero-order valence-corrected chi connectivity index (χ0v) is 11.9. The number of rotatable bonds is 6. The predicted molar refractivity (Wildman–Crippen MR) is 77.3 cm³/mol. The van der Waals surface area contributed by atoms with Crippen LogP contribution in [0.2, 0.25) is 0 Å². The van der Waals surface area contributed by atoms with Crippen LogP contribution in [0, 0.1) is 5.92 Å². The molecule has 2 atom stereocenters. The first kappa shape index (κ1) is 14.4. The number of hydrogen-bond acceptors (Lipinski definition) is 3. The van der Waals surface area contributed by atoms with Gasteiger partial charge in [-0.15, -0.1) is 0 Å². The molecule has 2 rings (SSSR count). The van der Waals surface area contributed by atoms with Gasteiger partial charge in [-0.2, -0.15) is 0 Å². The third kappa shape index (κ3) is 3.95. The molecule has 0 aromatic heterocycles. The lowest BCUT2D eigenvalue weighted by atomic mass is 10.0. The van der Waals surface area contributed by atoms with Gasteiger partial charge in [0.25, 0.3) is 0 Å². The molecule has 1 saturated carbocycles. The topological polar surface area (TPSA) is 41.5 Å². The van der Waals surface area contributed by atoms with Crippen molar-refractivity contribution in [1.29, 1.82) is 0 Å². The second-order valence-corrected chi connectivity index (χ2v) is 5.64. The summed E-state index contributed by atoms with van der Waals surface area (Å²) in [6.07, 6.45) is 3.71. The van der Waals surface area contributed by atoms with Crippen LogP contribution in [-0.2, 0) is 6.54 Å². The number of aliphatic hydroxyl groups excluding tert-OH is 1. The van der Waals surface area contributed by atoms with Gasteiger partial charge >= 0.3 is 0 Å². The Bertz CT molecular complexity index is 392. The molecule has 19 heavy (non-hydrogen) atoms. The Morgan fingerprint density at radius 3 is 2.84 bits per heavy atom. The van der Waals surface area contributed by atoms with E-state index in [0.29, 0.717) is 18.6 Å². The molecule has 106 valence electrons. The molecular weight excluding hydrogens is 238 g/mol. The lowest BCUT2D eigenvalue weighted by Gasteiger charge is -2.20. The van der Waals surface area contributed by atoms with Crippen LogP contribution in [0.1, 0.15) is 38.7 Å². The van der Waals surface area contributed by atoms with E-state index in [4.69, 9.17) is 4.74 Å². The molecular formula is C16H25NO2. The van der Waals surface area contributed by atoms with E-state index in [9.17, 15) is 5.11 Å². The van der Waals surface area contributed by atoms with Crippen LogP contribution < -0.4 is 10.1 Å². The Balaban J connectivity index is 1.95. The molecule has 0 saturated heterocycles. The fraction of sp³-hybridized carbons (Fsp3) is 0.625. The minimum atomic E-state index is 0.192. The highest BCUT2D eigenvalue weighted by molar-refractivity contribution is 5.33. The Morgan fingerprint density at radius 1 is 1.32 bits per heavy atom. The average Bonchev–Trinajstić information content (AvgIpc) is 2.84. The van der Waals surface area contributed by atoms with Gasteiger partial charge in [-0.25, -0.2) is 0 Å². The third-order valence-electron chi connectivity index (χ3n) is 3.78. The van der Waals surface area contributed by atoms with Crippen LogP contribution in [-0.4, -0.2) is 23.9 Å². The fourth-order valence-electron chi connectivity index (χ4n) is 2.78. The fourth-order valence-corrected chi connectivity index (χ4v) is 2.78. The van der Waals surface area contributed by atoms with Crippen LogP contribution in [0.5, 0.6) is 5.75 Å². The summed E-state index contributed by atoms with van der Waals surface area (Å²) in [5, 5.41) is 12.9. The molecule has 1 aromatic carbocycles. The average molecular weight is 263 g/mol. The molecule has 0 aliphatic heterocycles. The maximum absolute atomic E-state index is 9.34. The minimum absolute atomic E-state index is 0.192. The van der Waals surface area contributed by atoms with E-state index in [-0.39, 0.29) is 6.10 Å². The number of nitrogens with one attached hydrogen (secondary N) is 1. The lowest BCUT2D eigenvalue weighted by molar-refractivity contribution is 0.204. The molecule has 3 nitrogen and oxygen atoms in total. The van der Waals surface area contributed by atoms with Crippen molar-refractivity contribution in [3.8, 4) is 5.75 Å². The molecule has 0 spiro atoms. The summed E-state index contributed by atoms with van der Waals surface area (Å²) in [7, 11) is 0. The molecule has 1 aliphatic rings. The van der Waals surface area contributed by atoms with Crippen LogP contribution >= 0.6 is 0 Å². The van der Waals surface area contributed by atoms with Gasteiger partial charge in [0.15, 0.2) is 0 Å². The van der Waals surface area contributed by atoms with Crippen molar-refractivity contribution in [2.24, 2.45) is 5.92 Å². The second kappa shape index (κ2) is 6.92. The number of ether oxygens (including phenoxy) is 1. The van der Waals surface area contributed by atoms with E-state index in [1.54, 1.807) is 0 Å².